The maximum absolute atomic E-state index is 8.92. The van der Waals surface area contributed by atoms with Crippen LogP contribution in [0.25, 0.3) is 0 Å². The monoisotopic (exact) mass is 258 g/mol. The molecule has 0 bridgehead atoms. The fraction of sp³-hybridized carbons (Fsp3) is 0.562. The summed E-state index contributed by atoms with van der Waals surface area (Å²) in [5.41, 5.74) is 3.15. The summed E-state index contributed by atoms with van der Waals surface area (Å²) in [6.45, 7) is 7.12. The average Bonchev–Trinajstić information content (AvgIpc) is 2.45. The van der Waals surface area contributed by atoms with Gasteiger partial charge in [-0.25, -0.2) is 0 Å². The highest BCUT2D eigenvalue weighted by Gasteiger charge is 2.21. The first kappa shape index (κ1) is 13.9. The number of rotatable bonds is 4. The zero-order valence-corrected chi connectivity index (χ0v) is 11.9. The lowest BCUT2D eigenvalue weighted by atomic mass is 10.0. The molecule has 19 heavy (non-hydrogen) atoms. The van der Waals surface area contributed by atoms with E-state index in [1.54, 1.807) is 0 Å². The number of aryl methyl sites for hydroxylation is 1. The maximum Gasteiger partial charge on any atom is 0.0991 e. The maximum atomic E-state index is 8.92. The van der Waals surface area contributed by atoms with Gasteiger partial charge in [-0.3, -0.25) is 0 Å². The van der Waals surface area contributed by atoms with Crippen LogP contribution in [-0.2, 0) is 4.74 Å². The number of nitriles is 1. The Hall–Kier alpha value is -1.53. The summed E-state index contributed by atoms with van der Waals surface area (Å²) in [5, 5.41) is 8.92. The lowest BCUT2D eigenvalue weighted by Gasteiger charge is -2.35. The first-order chi connectivity index (χ1) is 9.24. The molecule has 1 aliphatic rings. The Kier molecular flexibility index (Phi) is 4.81. The van der Waals surface area contributed by atoms with Gasteiger partial charge < -0.3 is 9.64 Å². The van der Waals surface area contributed by atoms with Crippen molar-refractivity contribution in [2.24, 2.45) is 0 Å². The van der Waals surface area contributed by atoms with Gasteiger partial charge in [0.05, 0.1) is 17.7 Å². The SMILES string of the molecule is CCCOC1CCCN(c2ccc(C#N)cc2C)C1. The van der Waals surface area contributed by atoms with Crippen molar-refractivity contribution in [2.75, 3.05) is 24.6 Å². The number of hydrogen-bond acceptors (Lipinski definition) is 3. The van der Waals surface area contributed by atoms with Gasteiger partial charge >= 0.3 is 0 Å². The number of ether oxygens (including phenoxy) is 1. The highest BCUT2D eigenvalue weighted by Crippen LogP contribution is 2.25. The topological polar surface area (TPSA) is 36.3 Å². The Morgan fingerprint density at radius 1 is 1.47 bits per heavy atom. The number of piperidine rings is 1. The molecule has 0 saturated carbocycles. The summed E-state index contributed by atoms with van der Waals surface area (Å²) in [4.78, 5) is 2.39. The quantitative estimate of drug-likeness (QED) is 0.831. The van der Waals surface area contributed by atoms with E-state index in [4.69, 9.17) is 10.00 Å². The van der Waals surface area contributed by atoms with Crippen molar-refractivity contribution < 1.29 is 4.74 Å². The fourth-order valence-corrected chi connectivity index (χ4v) is 2.66. The third kappa shape index (κ3) is 3.48. The standard InChI is InChI=1S/C16H22N2O/c1-3-9-19-15-5-4-8-18(12-15)16-7-6-14(11-17)10-13(16)2/h6-7,10,15H,3-5,8-9,12H2,1-2H3. The minimum Gasteiger partial charge on any atom is -0.376 e. The molecule has 1 aromatic carbocycles. The average molecular weight is 258 g/mol. The Bertz CT molecular complexity index is 464. The molecular weight excluding hydrogens is 236 g/mol. The minimum atomic E-state index is 0.351. The molecule has 0 aromatic heterocycles. The summed E-state index contributed by atoms with van der Waals surface area (Å²) < 4.78 is 5.87. The van der Waals surface area contributed by atoms with Gasteiger partial charge in [-0.05, 0) is 49.9 Å². The third-order valence-corrected chi connectivity index (χ3v) is 3.60. The molecule has 0 radical (unpaired) electrons. The first-order valence-corrected chi connectivity index (χ1v) is 7.12. The Morgan fingerprint density at radius 2 is 2.32 bits per heavy atom. The van der Waals surface area contributed by atoms with E-state index in [-0.39, 0.29) is 0 Å². The summed E-state index contributed by atoms with van der Waals surface area (Å²) in [5.74, 6) is 0. The summed E-state index contributed by atoms with van der Waals surface area (Å²) in [6, 6.07) is 8.12. The van der Waals surface area contributed by atoms with Crippen LogP contribution < -0.4 is 4.90 Å². The Labute approximate surface area is 115 Å². The van der Waals surface area contributed by atoms with Crippen LogP contribution in [0.1, 0.15) is 37.3 Å². The van der Waals surface area contributed by atoms with E-state index in [1.165, 1.54) is 17.7 Å². The second-order valence-electron chi connectivity index (χ2n) is 5.19. The second kappa shape index (κ2) is 6.58. The molecular formula is C16H22N2O. The van der Waals surface area contributed by atoms with E-state index in [0.29, 0.717) is 6.10 Å². The highest BCUT2D eigenvalue weighted by atomic mass is 16.5. The summed E-state index contributed by atoms with van der Waals surface area (Å²) >= 11 is 0. The molecule has 1 saturated heterocycles. The predicted octanol–water partition coefficient (Wildman–Crippen LogP) is 3.26. The van der Waals surface area contributed by atoms with Crippen LogP contribution in [0.2, 0.25) is 0 Å². The van der Waals surface area contributed by atoms with Crippen LogP contribution in [0.4, 0.5) is 5.69 Å². The second-order valence-corrected chi connectivity index (χ2v) is 5.19. The number of anilines is 1. The van der Waals surface area contributed by atoms with Crippen LogP contribution >= 0.6 is 0 Å². The molecule has 0 amide bonds. The molecule has 1 unspecified atom stereocenters. The van der Waals surface area contributed by atoms with Crippen molar-refractivity contribution in [1.29, 1.82) is 5.26 Å². The molecule has 1 aliphatic heterocycles. The van der Waals surface area contributed by atoms with Crippen molar-refractivity contribution in [1.82, 2.24) is 0 Å². The van der Waals surface area contributed by atoms with Gasteiger partial charge in [0, 0.05) is 25.4 Å². The molecule has 0 N–H and O–H groups in total. The van der Waals surface area contributed by atoms with Crippen molar-refractivity contribution >= 4 is 5.69 Å². The Morgan fingerprint density at radius 3 is 3.00 bits per heavy atom. The normalized spacial score (nSPS) is 19.2. The van der Waals surface area contributed by atoms with Gasteiger partial charge in [0.15, 0.2) is 0 Å². The molecule has 1 heterocycles. The smallest absolute Gasteiger partial charge is 0.0991 e. The summed E-state index contributed by atoms with van der Waals surface area (Å²) in [6.07, 6.45) is 3.76. The van der Waals surface area contributed by atoms with E-state index in [9.17, 15) is 0 Å². The lowest BCUT2D eigenvalue weighted by molar-refractivity contribution is 0.0440. The molecule has 1 fully saturated rings. The van der Waals surface area contributed by atoms with Crippen molar-refractivity contribution in [2.45, 2.75) is 39.2 Å². The molecule has 1 aromatic rings. The summed E-state index contributed by atoms with van der Waals surface area (Å²) in [7, 11) is 0. The highest BCUT2D eigenvalue weighted by molar-refractivity contribution is 5.56. The van der Waals surface area contributed by atoms with E-state index in [2.05, 4.69) is 30.9 Å². The van der Waals surface area contributed by atoms with Gasteiger partial charge in [0.25, 0.3) is 0 Å². The van der Waals surface area contributed by atoms with Crippen LogP contribution in [0.15, 0.2) is 18.2 Å². The van der Waals surface area contributed by atoms with Crippen molar-refractivity contribution in [3.63, 3.8) is 0 Å². The van der Waals surface area contributed by atoms with Crippen molar-refractivity contribution in [3.05, 3.63) is 29.3 Å². The predicted molar refractivity (Wildman–Crippen MR) is 77.4 cm³/mol. The molecule has 3 heteroatoms. The van der Waals surface area contributed by atoms with Gasteiger partial charge in [-0.1, -0.05) is 6.92 Å². The van der Waals surface area contributed by atoms with E-state index in [0.717, 1.165) is 38.1 Å². The molecule has 3 nitrogen and oxygen atoms in total. The van der Waals surface area contributed by atoms with Gasteiger partial charge in [-0.2, -0.15) is 5.26 Å². The zero-order chi connectivity index (χ0) is 13.7. The molecule has 1 atom stereocenters. The van der Waals surface area contributed by atoms with Crippen LogP contribution in [-0.4, -0.2) is 25.8 Å². The fourth-order valence-electron chi connectivity index (χ4n) is 2.66. The minimum absolute atomic E-state index is 0.351. The van der Waals surface area contributed by atoms with Crippen LogP contribution in [0.3, 0.4) is 0 Å². The van der Waals surface area contributed by atoms with Crippen LogP contribution in [0, 0.1) is 18.3 Å². The van der Waals surface area contributed by atoms with Gasteiger partial charge in [0.1, 0.15) is 0 Å². The van der Waals surface area contributed by atoms with E-state index in [1.807, 2.05) is 12.1 Å². The van der Waals surface area contributed by atoms with Crippen LogP contribution in [0.5, 0.6) is 0 Å². The largest absolute Gasteiger partial charge is 0.376 e. The zero-order valence-electron chi connectivity index (χ0n) is 11.9. The first-order valence-electron chi connectivity index (χ1n) is 7.12. The molecule has 0 spiro atoms. The number of nitrogens with zero attached hydrogens (tertiary/aromatic N) is 2. The molecule has 0 aliphatic carbocycles. The number of benzene rings is 1. The van der Waals surface area contributed by atoms with Crippen molar-refractivity contribution in [3.8, 4) is 6.07 Å². The lowest BCUT2D eigenvalue weighted by Crippen LogP contribution is -2.40. The molecule has 102 valence electrons. The third-order valence-electron chi connectivity index (χ3n) is 3.60. The molecule has 2 rings (SSSR count). The Balaban J connectivity index is 2.07. The number of hydrogen-bond donors (Lipinski definition) is 0. The van der Waals surface area contributed by atoms with Gasteiger partial charge in [-0.15, -0.1) is 0 Å². The van der Waals surface area contributed by atoms with E-state index >= 15 is 0 Å². The van der Waals surface area contributed by atoms with E-state index < -0.39 is 0 Å². The van der Waals surface area contributed by atoms with Gasteiger partial charge in [0.2, 0.25) is 0 Å².